The van der Waals surface area contributed by atoms with Crippen molar-refractivity contribution < 1.29 is 26.4 Å². The summed E-state index contributed by atoms with van der Waals surface area (Å²) < 4.78 is 74.7. The van der Waals surface area contributed by atoms with Crippen molar-refractivity contribution >= 4 is 10.8 Å². The van der Waals surface area contributed by atoms with Crippen molar-refractivity contribution in [1.29, 1.82) is 0 Å². The van der Waals surface area contributed by atoms with Crippen molar-refractivity contribution in [2.75, 3.05) is 0 Å². The molecular weight excluding hydrogens is 351 g/mol. The van der Waals surface area contributed by atoms with Crippen LogP contribution in [0.15, 0.2) is 59.0 Å². The topological polar surface area (TPSA) is 13.1 Å². The number of furan rings is 1. The Labute approximate surface area is 144 Å². The molecule has 0 N–H and O–H groups in total. The van der Waals surface area contributed by atoms with Crippen LogP contribution in [0.25, 0.3) is 33.4 Å². The summed E-state index contributed by atoms with van der Waals surface area (Å²) in [7, 11) is 0. The molecule has 6 heteroatoms. The maximum atomic E-state index is 14.2. The molecular formula is C20H9F5O. The van der Waals surface area contributed by atoms with Gasteiger partial charge < -0.3 is 4.42 Å². The molecule has 0 atom stereocenters. The van der Waals surface area contributed by atoms with Gasteiger partial charge in [-0.1, -0.05) is 54.6 Å². The van der Waals surface area contributed by atoms with Gasteiger partial charge in [-0.3, -0.25) is 0 Å². The third-order valence-electron chi connectivity index (χ3n) is 4.09. The smallest absolute Gasteiger partial charge is 0.200 e. The molecule has 0 spiro atoms. The van der Waals surface area contributed by atoms with Crippen LogP contribution in [0, 0.1) is 29.1 Å². The molecule has 130 valence electrons. The Morgan fingerprint density at radius 1 is 0.500 bits per heavy atom. The van der Waals surface area contributed by atoms with E-state index in [2.05, 4.69) is 0 Å². The number of hydrogen-bond acceptors (Lipinski definition) is 1. The number of fused-ring (bicyclic) bond motifs is 1. The molecule has 0 aliphatic carbocycles. The zero-order valence-corrected chi connectivity index (χ0v) is 13.0. The van der Waals surface area contributed by atoms with Crippen LogP contribution in [0.3, 0.4) is 0 Å². The number of halogens is 5. The maximum absolute atomic E-state index is 14.2. The second-order valence-electron chi connectivity index (χ2n) is 5.62. The zero-order chi connectivity index (χ0) is 18.4. The van der Waals surface area contributed by atoms with E-state index in [9.17, 15) is 22.0 Å². The van der Waals surface area contributed by atoms with E-state index >= 15 is 0 Å². The van der Waals surface area contributed by atoms with E-state index in [0.717, 1.165) is 0 Å². The van der Waals surface area contributed by atoms with Crippen molar-refractivity contribution in [3.05, 3.63) is 83.7 Å². The first-order valence-electron chi connectivity index (χ1n) is 7.59. The second-order valence-corrected chi connectivity index (χ2v) is 5.62. The van der Waals surface area contributed by atoms with Crippen molar-refractivity contribution in [2.45, 2.75) is 0 Å². The lowest BCUT2D eigenvalue weighted by molar-refractivity contribution is 0.379. The molecule has 1 heterocycles. The molecule has 1 aromatic heterocycles. The molecule has 1 nitrogen and oxygen atoms in total. The van der Waals surface area contributed by atoms with Crippen LogP contribution >= 0.6 is 0 Å². The number of rotatable bonds is 2. The van der Waals surface area contributed by atoms with Gasteiger partial charge in [-0.25, -0.2) is 22.0 Å². The third-order valence-corrected chi connectivity index (χ3v) is 4.09. The van der Waals surface area contributed by atoms with Crippen LogP contribution in [0.5, 0.6) is 0 Å². The molecule has 26 heavy (non-hydrogen) atoms. The molecule has 3 aromatic carbocycles. The summed E-state index contributed by atoms with van der Waals surface area (Å²) in [6.45, 7) is 0. The summed E-state index contributed by atoms with van der Waals surface area (Å²) in [6.07, 6.45) is 0. The van der Waals surface area contributed by atoms with Gasteiger partial charge in [0, 0.05) is 16.3 Å². The quantitative estimate of drug-likeness (QED) is 0.227. The van der Waals surface area contributed by atoms with Gasteiger partial charge in [0.15, 0.2) is 23.3 Å². The summed E-state index contributed by atoms with van der Waals surface area (Å²) in [6, 6.07) is 15.1. The Morgan fingerprint density at radius 3 is 1.54 bits per heavy atom. The van der Waals surface area contributed by atoms with Crippen LogP contribution < -0.4 is 0 Å². The van der Waals surface area contributed by atoms with Gasteiger partial charge in [0.05, 0.1) is 5.56 Å². The molecule has 0 fully saturated rings. The molecule has 0 saturated carbocycles. The second kappa shape index (κ2) is 5.98. The number of hydrogen-bond donors (Lipinski definition) is 0. The standard InChI is InChI=1S/C20H9F5O/c21-14-13(15(22)17(24)18(25)16(14)23)20-12-9-5-4-8-11(12)19(26-20)10-6-2-1-3-7-10/h1-9H. The molecule has 0 bridgehead atoms. The molecule has 0 saturated heterocycles. The summed E-state index contributed by atoms with van der Waals surface area (Å²) >= 11 is 0. The fourth-order valence-corrected chi connectivity index (χ4v) is 2.89. The fraction of sp³-hybridized carbons (Fsp3) is 0. The minimum absolute atomic E-state index is 0.245. The van der Waals surface area contributed by atoms with Crippen LogP contribution in [0.4, 0.5) is 22.0 Å². The monoisotopic (exact) mass is 360 g/mol. The molecule has 0 aliphatic rings. The first-order valence-corrected chi connectivity index (χ1v) is 7.59. The Balaban J connectivity index is 2.10. The van der Waals surface area contributed by atoms with Gasteiger partial charge >= 0.3 is 0 Å². The Kier molecular flexibility index (Phi) is 3.76. The lowest BCUT2D eigenvalue weighted by Crippen LogP contribution is -2.03. The molecule has 4 rings (SSSR count). The van der Waals surface area contributed by atoms with E-state index in [0.29, 0.717) is 10.9 Å². The maximum Gasteiger partial charge on any atom is 0.200 e. The average Bonchev–Trinajstić information content (AvgIpc) is 3.05. The van der Waals surface area contributed by atoms with Gasteiger partial charge in [0.2, 0.25) is 5.82 Å². The van der Waals surface area contributed by atoms with E-state index in [1.807, 2.05) is 0 Å². The normalized spacial score (nSPS) is 11.3. The molecule has 0 unspecified atom stereocenters. The highest BCUT2D eigenvalue weighted by atomic mass is 19.2. The fourth-order valence-electron chi connectivity index (χ4n) is 2.89. The van der Waals surface area contributed by atoms with Gasteiger partial charge in [0.1, 0.15) is 11.5 Å². The summed E-state index contributed by atoms with van der Waals surface area (Å²) in [5.74, 6) is -10.2. The van der Waals surface area contributed by atoms with Crippen molar-refractivity contribution in [3.8, 4) is 22.6 Å². The highest BCUT2D eigenvalue weighted by Gasteiger charge is 2.30. The van der Waals surface area contributed by atoms with Crippen molar-refractivity contribution in [3.63, 3.8) is 0 Å². The van der Waals surface area contributed by atoms with E-state index < -0.39 is 40.4 Å². The van der Waals surface area contributed by atoms with Crippen LogP contribution in [-0.4, -0.2) is 0 Å². The van der Waals surface area contributed by atoms with Crippen LogP contribution in [-0.2, 0) is 0 Å². The minimum Gasteiger partial charge on any atom is -0.455 e. The minimum atomic E-state index is -2.21. The van der Waals surface area contributed by atoms with E-state index in [1.54, 1.807) is 48.5 Å². The van der Waals surface area contributed by atoms with Gasteiger partial charge in [-0.05, 0) is 0 Å². The van der Waals surface area contributed by atoms with Gasteiger partial charge in [-0.2, -0.15) is 0 Å². The van der Waals surface area contributed by atoms with E-state index in [1.165, 1.54) is 6.07 Å². The van der Waals surface area contributed by atoms with Gasteiger partial charge in [0.25, 0.3) is 0 Å². The summed E-state index contributed by atoms with van der Waals surface area (Å²) in [5.41, 5.74) is -0.474. The Morgan fingerprint density at radius 2 is 0.962 bits per heavy atom. The predicted octanol–water partition coefficient (Wildman–Crippen LogP) is 6.46. The highest BCUT2D eigenvalue weighted by Crippen LogP contribution is 2.42. The first kappa shape index (κ1) is 16.3. The Hall–Kier alpha value is -3.15. The average molecular weight is 360 g/mol. The summed E-state index contributed by atoms with van der Waals surface area (Å²) in [5, 5.41) is 0.743. The Bertz CT molecular complexity index is 1100. The van der Waals surface area contributed by atoms with Crippen LogP contribution in [0.1, 0.15) is 0 Å². The van der Waals surface area contributed by atoms with Gasteiger partial charge in [-0.15, -0.1) is 0 Å². The molecule has 0 aliphatic heterocycles. The first-order chi connectivity index (χ1) is 12.5. The SMILES string of the molecule is Fc1c(F)c(F)c(-c2oc(-c3ccccc3)c3ccccc23)c(F)c1F. The van der Waals surface area contributed by atoms with E-state index in [4.69, 9.17) is 4.42 Å². The highest BCUT2D eigenvalue weighted by molar-refractivity contribution is 6.02. The number of benzene rings is 3. The lowest BCUT2D eigenvalue weighted by atomic mass is 10.0. The largest absolute Gasteiger partial charge is 0.455 e. The van der Waals surface area contributed by atoms with E-state index in [-0.39, 0.29) is 11.1 Å². The van der Waals surface area contributed by atoms with Crippen molar-refractivity contribution in [1.82, 2.24) is 0 Å². The third kappa shape index (κ3) is 2.29. The molecule has 4 aromatic rings. The van der Waals surface area contributed by atoms with Crippen LogP contribution in [0.2, 0.25) is 0 Å². The van der Waals surface area contributed by atoms with Crippen molar-refractivity contribution in [2.24, 2.45) is 0 Å². The molecule has 0 amide bonds. The zero-order valence-electron chi connectivity index (χ0n) is 13.0. The molecule has 0 radical (unpaired) electrons. The summed E-state index contributed by atoms with van der Waals surface area (Å²) in [4.78, 5) is 0. The lowest BCUT2D eigenvalue weighted by Gasteiger charge is -2.06. The predicted molar refractivity (Wildman–Crippen MR) is 86.9 cm³/mol.